The van der Waals surface area contributed by atoms with Crippen molar-refractivity contribution >= 4 is 45.2 Å². The predicted octanol–water partition coefficient (Wildman–Crippen LogP) is 4.80. The van der Waals surface area contributed by atoms with E-state index in [0.717, 1.165) is 20.3 Å². The van der Waals surface area contributed by atoms with Gasteiger partial charge >= 0.3 is 0 Å². The second kappa shape index (κ2) is 6.41. The Labute approximate surface area is 141 Å². The summed E-state index contributed by atoms with van der Waals surface area (Å²) in [6.45, 7) is 0. The van der Waals surface area contributed by atoms with E-state index in [1.54, 1.807) is 0 Å². The summed E-state index contributed by atoms with van der Waals surface area (Å²) < 4.78 is 3.05. The van der Waals surface area contributed by atoms with Crippen molar-refractivity contribution in [3.63, 3.8) is 0 Å². The van der Waals surface area contributed by atoms with Crippen LogP contribution >= 0.6 is 34.2 Å². The molecule has 0 aliphatic heterocycles. The van der Waals surface area contributed by atoms with Crippen LogP contribution < -0.4 is 0 Å². The van der Waals surface area contributed by atoms with Crippen LogP contribution in [0.4, 0.5) is 0 Å². The standard InChI is InChI=1S/C16H11ClIN3/c17-15-14-13(18)10-21(16(14)20-11-19-15)12-8-6-4-2-1-3-5-7-9-12/h1-11H. The predicted molar refractivity (Wildman–Crippen MR) is 94.2 cm³/mol. The van der Waals surface area contributed by atoms with E-state index in [9.17, 15) is 0 Å². The molecule has 0 aliphatic carbocycles. The largest absolute Gasteiger partial charge is 0.300 e. The van der Waals surface area contributed by atoms with Gasteiger partial charge in [0.15, 0.2) is 5.65 Å². The van der Waals surface area contributed by atoms with Crippen LogP contribution in [0.3, 0.4) is 0 Å². The van der Waals surface area contributed by atoms with Gasteiger partial charge in [0.25, 0.3) is 0 Å². The van der Waals surface area contributed by atoms with Crippen LogP contribution in [-0.4, -0.2) is 14.5 Å². The first-order valence-electron chi connectivity index (χ1n) is 6.33. The number of nitrogens with zero attached hydrogens (tertiary/aromatic N) is 3. The molecule has 2 aromatic heterocycles. The van der Waals surface area contributed by atoms with Crippen molar-refractivity contribution < 1.29 is 0 Å². The summed E-state index contributed by atoms with van der Waals surface area (Å²) in [6, 6.07) is 18.0. The van der Waals surface area contributed by atoms with Crippen molar-refractivity contribution in [2.75, 3.05) is 0 Å². The molecule has 0 fully saturated rings. The Morgan fingerprint density at radius 1 is 0.905 bits per heavy atom. The maximum absolute atomic E-state index is 6.18. The first-order valence-corrected chi connectivity index (χ1v) is 7.79. The van der Waals surface area contributed by atoms with Crippen LogP contribution in [0.5, 0.6) is 0 Å². The van der Waals surface area contributed by atoms with Crippen molar-refractivity contribution in [1.82, 2.24) is 14.5 Å². The first-order chi connectivity index (χ1) is 10.3. The molecule has 3 rings (SSSR count). The zero-order valence-corrected chi connectivity index (χ0v) is 13.9. The molecule has 3 nitrogen and oxygen atoms in total. The van der Waals surface area contributed by atoms with Crippen LogP contribution in [0.1, 0.15) is 0 Å². The number of aromatic nitrogens is 3. The molecule has 104 valence electrons. The second-order valence-corrected chi connectivity index (χ2v) is 5.84. The topological polar surface area (TPSA) is 30.7 Å². The van der Waals surface area contributed by atoms with Crippen LogP contribution in [-0.2, 0) is 0 Å². The van der Waals surface area contributed by atoms with Gasteiger partial charge in [0.05, 0.1) is 5.39 Å². The third kappa shape index (κ3) is 3.01. The van der Waals surface area contributed by atoms with Gasteiger partial charge in [-0.05, 0) is 34.7 Å². The number of halogens is 2. The Morgan fingerprint density at radius 2 is 1.52 bits per heavy atom. The molecule has 0 unspecified atom stereocenters. The van der Waals surface area contributed by atoms with Crippen molar-refractivity contribution in [1.29, 1.82) is 0 Å². The molecule has 0 radical (unpaired) electrons. The molecule has 0 N–H and O–H groups in total. The smallest absolute Gasteiger partial charge is 0.150 e. The third-order valence-corrected chi connectivity index (χ3v) is 4.07. The minimum atomic E-state index is 0.478. The van der Waals surface area contributed by atoms with Gasteiger partial charge in [0, 0.05) is 15.5 Å². The van der Waals surface area contributed by atoms with E-state index in [1.165, 1.54) is 6.33 Å². The van der Waals surface area contributed by atoms with E-state index in [2.05, 4.69) is 32.6 Å². The molecule has 0 amide bonds. The monoisotopic (exact) mass is 407 g/mol. The van der Waals surface area contributed by atoms with E-state index < -0.39 is 0 Å². The summed E-state index contributed by atoms with van der Waals surface area (Å²) in [5, 5.41) is 1.36. The SMILES string of the molecule is Clc1ncnc2c1c(I)cn2-c1ccccccccc1. The fraction of sp³-hybridized carbons (Fsp3) is 0. The molecule has 2 heterocycles. The van der Waals surface area contributed by atoms with Crippen molar-refractivity contribution in [3.05, 3.63) is 75.8 Å². The molecule has 0 atom stereocenters. The molecule has 0 bridgehead atoms. The minimum absolute atomic E-state index is 0.478. The van der Waals surface area contributed by atoms with E-state index in [0.29, 0.717) is 5.15 Å². The average molecular weight is 408 g/mol. The van der Waals surface area contributed by atoms with Gasteiger partial charge in [-0.25, -0.2) is 9.97 Å². The number of hydrogen-bond donors (Lipinski definition) is 0. The third-order valence-electron chi connectivity index (χ3n) is 2.97. The summed E-state index contributed by atoms with van der Waals surface area (Å²) in [4.78, 5) is 8.42. The number of hydrogen-bond acceptors (Lipinski definition) is 2. The minimum Gasteiger partial charge on any atom is -0.300 e. The molecular formula is C16H11ClIN3. The number of rotatable bonds is 1. The lowest BCUT2D eigenvalue weighted by Gasteiger charge is -2.02. The lowest BCUT2D eigenvalue weighted by Crippen LogP contribution is -1.93. The molecule has 0 aliphatic rings. The highest BCUT2D eigenvalue weighted by Gasteiger charge is 2.12. The van der Waals surface area contributed by atoms with Crippen LogP contribution in [0.2, 0.25) is 5.15 Å². The van der Waals surface area contributed by atoms with Crippen molar-refractivity contribution in [2.24, 2.45) is 0 Å². The van der Waals surface area contributed by atoms with Crippen LogP contribution in [0.25, 0.3) is 16.7 Å². The van der Waals surface area contributed by atoms with E-state index in [1.807, 2.05) is 65.4 Å². The van der Waals surface area contributed by atoms with Gasteiger partial charge in [-0.3, -0.25) is 0 Å². The van der Waals surface area contributed by atoms with E-state index in [4.69, 9.17) is 11.6 Å². The Kier molecular flexibility index (Phi) is 4.36. The summed E-state index contributed by atoms with van der Waals surface area (Å²) in [5.41, 5.74) is 1.81. The normalized spacial score (nSPS) is 10.4. The zero-order chi connectivity index (χ0) is 14.7. The quantitative estimate of drug-likeness (QED) is 0.428. The highest BCUT2D eigenvalue weighted by molar-refractivity contribution is 14.1. The Hall–Kier alpha value is -1.66. The van der Waals surface area contributed by atoms with Crippen LogP contribution in [0, 0.1) is 3.57 Å². The average Bonchev–Trinajstić information content (AvgIpc) is 2.83. The van der Waals surface area contributed by atoms with E-state index in [-0.39, 0.29) is 0 Å². The van der Waals surface area contributed by atoms with E-state index >= 15 is 0 Å². The summed E-state index contributed by atoms with van der Waals surface area (Å²) in [5.74, 6) is 0. The van der Waals surface area contributed by atoms with Gasteiger partial charge in [0.1, 0.15) is 11.5 Å². The fourth-order valence-electron chi connectivity index (χ4n) is 2.02. The Morgan fingerprint density at radius 3 is 2.19 bits per heavy atom. The summed E-state index contributed by atoms with van der Waals surface area (Å²) >= 11 is 8.43. The highest BCUT2D eigenvalue weighted by Crippen LogP contribution is 2.28. The fourth-order valence-corrected chi connectivity index (χ4v) is 3.19. The van der Waals surface area contributed by atoms with Crippen molar-refractivity contribution in [2.45, 2.75) is 0 Å². The highest BCUT2D eigenvalue weighted by atomic mass is 127. The maximum atomic E-state index is 6.18. The van der Waals surface area contributed by atoms with Gasteiger partial charge in [0.2, 0.25) is 0 Å². The van der Waals surface area contributed by atoms with Gasteiger partial charge in [-0.2, -0.15) is 0 Å². The lowest BCUT2D eigenvalue weighted by molar-refractivity contribution is 1.08. The number of fused-ring (bicyclic) bond motifs is 1. The zero-order valence-electron chi connectivity index (χ0n) is 10.9. The van der Waals surface area contributed by atoms with Crippen molar-refractivity contribution in [3.8, 4) is 5.69 Å². The molecule has 21 heavy (non-hydrogen) atoms. The Bertz CT molecular complexity index is 819. The van der Waals surface area contributed by atoms with Gasteiger partial charge in [-0.15, -0.1) is 0 Å². The molecular weight excluding hydrogens is 397 g/mol. The molecule has 0 spiro atoms. The summed E-state index contributed by atoms with van der Waals surface area (Å²) in [6.07, 6.45) is 3.50. The lowest BCUT2D eigenvalue weighted by atomic mass is 10.3. The molecule has 0 saturated heterocycles. The first kappa shape index (κ1) is 14.3. The molecule has 1 aromatic carbocycles. The molecule has 5 heteroatoms. The van der Waals surface area contributed by atoms with Crippen LogP contribution in [0.15, 0.2) is 67.1 Å². The molecule has 3 aromatic rings. The van der Waals surface area contributed by atoms with Gasteiger partial charge in [-0.1, -0.05) is 54.1 Å². The Balaban J connectivity index is 2.29. The van der Waals surface area contributed by atoms with Gasteiger partial charge < -0.3 is 4.57 Å². The second-order valence-electron chi connectivity index (χ2n) is 4.32. The molecule has 0 saturated carbocycles. The summed E-state index contributed by atoms with van der Waals surface area (Å²) in [7, 11) is 0. The maximum Gasteiger partial charge on any atom is 0.150 e.